The van der Waals surface area contributed by atoms with Crippen LogP contribution in [-0.2, 0) is 9.53 Å². The number of rotatable bonds is 5. The fraction of sp³-hybridized carbons (Fsp3) is 0.130. The van der Waals surface area contributed by atoms with Crippen molar-refractivity contribution in [2.24, 2.45) is 0 Å². The lowest BCUT2D eigenvalue weighted by Gasteiger charge is -2.19. The molecule has 148 valence electrons. The van der Waals surface area contributed by atoms with Crippen molar-refractivity contribution in [1.29, 1.82) is 0 Å². The summed E-state index contributed by atoms with van der Waals surface area (Å²) in [6, 6.07) is 16.8. The lowest BCUT2D eigenvalue weighted by atomic mass is 10.1. The van der Waals surface area contributed by atoms with Crippen LogP contribution in [0, 0.1) is 25.5 Å². The van der Waals surface area contributed by atoms with Crippen molar-refractivity contribution in [1.82, 2.24) is 0 Å². The van der Waals surface area contributed by atoms with E-state index in [1.54, 1.807) is 42.5 Å². The molecule has 0 aliphatic carbocycles. The lowest BCUT2D eigenvalue weighted by Crippen LogP contribution is -2.26. The molecule has 3 aromatic rings. The quantitative estimate of drug-likeness (QED) is 0.610. The second kappa shape index (κ2) is 8.65. The largest absolute Gasteiger partial charge is 0.444 e. The van der Waals surface area contributed by atoms with E-state index in [1.807, 2.05) is 19.9 Å². The van der Waals surface area contributed by atoms with Crippen LogP contribution in [0.5, 0.6) is 0 Å². The molecule has 4 nitrogen and oxygen atoms in total. The summed E-state index contributed by atoms with van der Waals surface area (Å²) >= 11 is 0. The zero-order chi connectivity index (χ0) is 21.0. The molecule has 3 aromatic carbocycles. The molecule has 0 saturated carbocycles. The maximum atomic E-state index is 13.9. The van der Waals surface area contributed by atoms with Gasteiger partial charge in [-0.1, -0.05) is 42.5 Å². The molecule has 0 aliphatic heterocycles. The van der Waals surface area contributed by atoms with Gasteiger partial charge in [0, 0.05) is 11.3 Å². The molecule has 0 fully saturated rings. The number of hydrogen-bond acceptors (Lipinski definition) is 3. The van der Waals surface area contributed by atoms with Gasteiger partial charge in [-0.15, -0.1) is 0 Å². The zero-order valence-corrected chi connectivity index (χ0v) is 15.9. The summed E-state index contributed by atoms with van der Waals surface area (Å²) in [6.07, 6.45) is -1.39. The normalized spacial score (nSPS) is 11.6. The van der Waals surface area contributed by atoms with Gasteiger partial charge in [0.05, 0.1) is 0 Å². The number of carbonyl (C=O) groups is 2. The molecule has 29 heavy (non-hydrogen) atoms. The Morgan fingerprint density at radius 3 is 2.03 bits per heavy atom. The summed E-state index contributed by atoms with van der Waals surface area (Å²) in [7, 11) is 0. The monoisotopic (exact) mass is 395 g/mol. The van der Waals surface area contributed by atoms with Crippen molar-refractivity contribution in [2.45, 2.75) is 20.0 Å². The Labute approximate surface area is 167 Å². The van der Waals surface area contributed by atoms with Gasteiger partial charge in [-0.25, -0.2) is 13.6 Å². The molecule has 0 bridgehead atoms. The molecular formula is C23H19F2NO3. The highest BCUT2D eigenvalue weighted by Crippen LogP contribution is 2.24. The van der Waals surface area contributed by atoms with Crippen molar-refractivity contribution in [2.75, 3.05) is 5.32 Å². The minimum atomic E-state index is -1.39. The second-order valence-electron chi connectivity index (χ2n) is 6.66. The second-order valence-corrected chi connectivity index (χ2v) is 6.66. The number of hydrogen-bond donors (Lipinski definition) is 1. The smallest absolute Gasteiger partial charge is 0.345 e. The predicted octanol–water partition coefficient (Wildman–Crippen LogP) is 5.12. The first-order valence-corrected chi connectivity index (χ1v) is 8.94. The van der Waals surface area contributed by atoms with E-state index in [-0.39, 0.29) is 0 Å². The Kier molecular flexibility index (Phi) is 6.02. The van der Waals surface area contributed by atoms with Crippen LogP contribution in [0.4, 0.5) is 14.5 Å². The van der Waals surface area contributed by atoms with Crippen molar-refractivity contribution in [3.8, 4) is 0 Å². The fourth-order valence-electron chi connectivity index (χ4n) is 3.01. The zero-order valence-electron chi connectivity index (χ0n) is 15.9. The van der Waals surface area contributed by atoms with Crippen molar-refractivity contribution in [3.05, 3.63) is 101 Å². The van der Waals surface area contributed by atoms with E-state index in [0.29, 0.717) is 11.3 Å². The third kappa shape index (κ3) is 4.85. The third-order valence-corrected chi connectivity index (χ3v) is 4.22. The molecule has 0 aliphatic rings. The van der Waals surface area contributed by atoms with E-state index < -0.39 is 35.2 Å². The lowest BCUT2D eigenvalue weighted by molar-refractivity contribution is -0.125. The van der Waals surface area contributed by atoms with Crippen molar-refractivity contribution in [3.63, 3.8) is 0 Å². The topological polar surface area (TPSA) is 55.4 Å². The van der Waals surface area contributed by atoms with Crippen molar-refractivity contribution < 1.29 is 23.1 Å². The average Bonchev–Trinajstić information content (AvgIpc) is 2.65. The molecule has 0 spiro atoms. The average molecular weight is 395 g/mol. The molecule has 1 amide bonds. The highest BCUT2D eigenvalue weighted by atomic mass is 19.1. The molecule has 3 rings (SSSR count). The van der Waals surface area contributed by atoms with Gasteiger partial charge >= 0.3 is 5.97 Å². The molecule has 1 atom stereocenters. The summed E-state index contributed by atoms with van der Waals surface area (Å²) in [5, 5.41) is 2.70. The Hall–Kier alpha value is -3.54. The minimum Gasteiger partial charge on any atom is -0.444 e. The van der Waals surface area contributed by atoms with Gasteiger partial charge in [0.2, 0.25) is 6.10 Å². The standard InChI is InChI=1S/C23H19F2NO3/c1-14-11-15(2)13-17(12-14)26-22(27)21(16-7-4-3-5-8-16)29-23(28)20-18(24)9-6-10-19(20)25/h3-13,21H,1-2H3,(H,26,27)/t21-/m0/s1. The summed E-state index contributed by atoms with van der Waals surface area (Å²) in [5.41, 5.74) is 1.96. The summed E-state index contributed by atoms with van der Waals surface area (Å²) in [4.78, 5) is 25.3. The number of carbonyl (C=O) groups excluding carboxylic acids is 2. The van der Waals surface area contributed by atoms with Crippen LogP contribution >= 0.6 is 0 Å². The van der Waals surface area contributed by atoms with Gasteiger partial charge in [-0.05, 0) is 49.2 Å². The van der Waals surface area contributed by atoms with Gasteiger partial charge < -0.3 is 10.1 Å². The van der Waals surface area contributed by atoms with Crippen LogP contribution in [0.15, 0.2) is 66.7 Å². The van der Waals surface area contributed by atoms with Gasteiger partial charge in [0.1, 0.15) is 17.2 Å². The number of esters is 1. The van der Waals surface area contributed by atoms with E-state index in [0.717, 1.165) is 29.3 Å². The van der Waals surface area contributed by atoms with Crippen LogP contribution < -0.4 is 5.32 Å². The van der Waals surface area contributed by atoms with Gasteiger partial charge in [0.15, 0.2) is 0 Å². The maximum absolute atomic E-state index is 13.9. The molecule has 0 unspecified atom stereocenters. The van der Waals surface area contributed by atoms with Gasteiger partial charge in [-0.2, -0.15) is 0 Å². The number of amides is 1. The third-order valence-electron chi connectivity index (χ3n) is 4.22. The Morgan fingerprint density at radius 2 is 1.45 bits per heavy atom. The Balaban J connectivity index is 1.91. The van der Waals surface area contributed by atoms with Crippen LogP contribution in [0.1, 0.15) is 33.2 Å². The Bertz CT molecular complexity index is 1010. The first-order valence-electron chi connectivity index (χ1n) is 8.94. The molecule has 0 radical (unpaired) electrons. The number of anilines is 1. The highest BCUT2D eigenvalue weighted by Gasteiger charge is 2.28. The van der Waals surface area contributed by atoms with Gasteiger partial charge in [0.25, 0.3) is 5.91 Å². The van der Waals surface area contributed by atoms with Crippen LogP contribution in [0.25, 0.3) is 0 Å². The molecule has 0 saturated heterocycles. The van der Waals surface area contributed by atoms with Gasteiger partial charge in [-0.3, -0.25) is 4.79 Å². The summed E-state index contributed by atoms with van der Waals surface area (Å²) in [6.45, 7) is 3.77. The maximum Gasteiger partial charge on any atom is 0.345 e. The molecular weight excluding hydrogens is 376 g/mol. The molecule has 1 N–H and O–H groups in total. The van der Waals surface area contributed by atoms with Crippen LogP contribution in [-0.4, -0.2) is 11.9 Å². The van der Waals surface area contributed by atoms with E-state index in [9.17, 15) is 18.4 Å². The Morgan fingerprint density at radius 1 is 0.862 bits per heavy atom. The number of aryl methyl sites for hydroxylation is 2. The minimum absolute atomic E-state index is 0.375. The SMILES string of the molecule is Cc1cc(C)cc(NC(=O)[C@@H](OC(=O)c2c(F)cccc2F)c2ccccc2)c1. The molecule has 0 aromatic heterocycles. The number of benzene rings is 3. The van der Waals surface area contributed by atoms with E-state index in [1.165, 1.54) is 0 Å². The first-order chi connectivity index (χ1) is 13.8. The summed E-state index contributed by atoms with van der Waals surface area (Å²) < 4.78 is 33.1. The van der Waals surface area contributed by atoms with E-state index >= 15 is 0 Å². The van der Waals surface area contributed by atoms with Crippen LogP contribution in [0.3, 0.4) is 0 Å². The fourth-order valence-corrected chi connectivity index (χ4v) is 3.01. The number of ether oxygens (including phenoxy) is 1. The summed E-state index contributed by atoms with van der Waals surface area (Å²) in [5.74, 6) is -4.01. The van der Waals surface area contributed by atoms with Crippen LogP contribution in [0.2, 0.25) is 0 Å². The predicted molar refractivity (Wildman–Crippen MR) is 106 cm³/mol. The molecule has 0 heterocycles. The first kappa shape index (κ1) is 20.2. The number of halogens is 2. The number of nitrogens with one attached hydrogen (secondary N) is 1. The molecule has 6 heteroatoms. The highest BCUT2D eigenvalue weighted by molar-refractivity contribution is 5.98. The van der Waals surface area contributed by atoms with E-state index in [2.05, 4.69) is 5.32 Å². The van der Waals surface area contributed by atoms with Crippen molar-refractivity contribution >= 4 is 17.6 Å². The van der Waals surface area contributed by atoms with E-state index in [4.69, 9.17) is 4.74 Å².